The number of hydrogen-bond donors (Lipinski definition) is 1. The van der Waals surface area contributed by atoms with E-state index in [1.54, 1.807) is 6.07 Å². The Balaban J connectivity index is 2.81. The lowest BCUT2D eigenvalue weighted by Gasteiger charge is -2.28. The van der Waals surface area contributed by atoms with Crippen molar-refractivity contribution in [1.82, 2.24) is 4.90 Å². The predicted molar refractivity (Wildman–Crippen MR) is 80.3 cm³/mol. The van der Waals surface area contributed by atoms with Crippen molar-refractivity contribution in [3.63, 3.8) is 0 Å². The fourth-order valence-electron chi connectivity index (χ4n) is 1.93. The van der Waals surface area contributed by atoms with E-state index in [0.717, 1.165) is 18.5 Å². The summed E-state index contributed by atoms with van der Waals surface area (Å²) in [5, 5.41) is 1.35. The third-order valence-electron chi connectivity index (χ3n) is 3.14. The van der Waals surface area contributed by atoms with Crippen LogP contribution in [0.4, 0.5) is 0 Å². The van der Waals surface area contributed by atoms with Crippen LogP contribution in [0.25, 0.3) is 0 Å². The summed E-state index contributed by atoms with van der Waals surface area (Å²) in [6.45, 7) is 6.01. The molecule has 1 unspecified atom stereocenters. The molecule has 4 heteroatoms. The molecule has 2 N–H and O–H groups in total. The van der Waals surface area contributed by atoms with Crippen LogP contribution in [0.3, 0.4) is 0 Å². The van der Waals surface area contributed by atoms with Gasteiger partial charge in [-0.3, -0.25) is 4.90 Å². The molecule has 2 nitrogen and oxygen atoms in total. The van der Waals surface area contributed by atoms with Crippen LogP contribution in [-0.4, -0.2) is 25.0 Å². The molecule has 0 aliphatic rings. The van der Waals surface area contributed by atoms with Gasteiger partial charge in [-0.2, -0.15) is 0 Å². The first kappa shape index (κ1) is 15.8. The summed E-state index contributed by atoms with van der Waals surface area (Å²) in [7, 11) is 2.09. The van der Waals surface area contributed by atoms with E-state index >= 15 is 0 Å². The second-order valence-electron chi connectivity index (χ2n) is 5.08. The first-order valence-electron chi connectivity index (χ1n) is 6.31. The zero-order chi connectivity index (χ0) is 13.7. The number of rotatable bonds is 6. The molecule has 0 spiro atoms. The molecule has 1 aromatic carbocycles. The Kier molecular flexibility index (Phi) is 6.44. The molecular formula is C14H22Cl2N2. The minimum absolute atomic E-state index is 0.147. The van der Waals surface area contributed by atoms with E-state index < -0.39 is 0 Å². The molecule has 18 heavy (non-hydrogen) atoms. The summed E-state index contributed by atoms with van der Waals surface area (Å²) >= 11 is 12.2. The van der Waals surface area contributed by atoms with Gasteiger partial charge in [-0.25, -0.2) is 0 Å². The highest BCUT2D eigenvalue weighted by molar-refractivity contribution is 6.35. The number of nitrogens with zero attached hydrogens (tertiary/aromatic N) is 1. The molecule has 0 aliphatic carbocycles. The molecule has 0 aromatic heterocycles. The molecular weight excluding hydrogens is 267 g/mol. The zero-order valence-electron chi connectivity index (χ0n) is 11.3. The van der Waals surface area contributed by atoms with Crippen molar-refractivity contribution in [2.75, 3.05) is 20.1 Å². The standard InChI is InChI=1S/C14H22Cl2N2/c1-10(2)6-7-18(3)14(9-17)12-5-4-11(15)8-13(12)16/h4-5,8,10,14H,6-7,9,17H2,1-3H3. The first-order chi connectivity index (χ1) is 8.45. The smallest absolute Gasteiger partial charge is 0.0482 e. The van der Waals surface area contributed by atoms with Crippen molar-refractivity contribution < 1.29 is 0 Å². The summed E-state index contributed by atoms with van der Waals surface area (Å²) < 4.78 is 0. The first-order valence-corrected chi connectivity index (χ1v) is 7.06. The molecule has 0 fully saturated rings. The fourth-order valence-corrected chi connectivity index (χ4v) is 2.47. The Labute approximate surface area is 120 Å². The minimum atomic E-state index is 0.147. The fraction of sp³-hybridized carbons (Fsp3) is 0.571. The quantitative estimate of drug-likeness (QED) is 0.858. The van der Waals surface area contributed by atoms with E-state index in [9.17, 15) is 0 Å². The average molecular weight is 289 g/mol. The normalized spacial score (nSPS) is 13.3. The molecule has 0 aliphatic heterocycles. The number of hydrogen-bond acceptors (Lipinski definition) is 2. The number of nitrogens with two attached hydrogens (primary N) is 1. The van der Waals surface area contributed by atoms with Crippen molar-refractivity contribution in [3.8, 4) is 0 Å². The van der Waals surface area contributed by atoms with Gasteiger partial charge in [0.2, 0.25) is 0 Å². The van der Waals surface area contributed by atoms with Crippen LogP contribution in [0.5, 0.6) is 0 Å². The Morgan fingerprint density at radius 3 is 2.44 bits per heavy atom. The topological polar surface area (TPSA) is 29.3 Å². The van der Waals surface area contributed by atoms with Gasteiger partial charge in [0.15, 0.2) is 0 Å². The molecule has 0 bridgehead atoms. The van der Waals surface area contributed by atoms with Crippen LogP contribution in [-0.2, 0) is 0 Å². The Hall–Kier alpha value is -0.280. The molecule has 1 aromatic rings. The third-order valence-corrected chi connectivity index (χ3v) is 3.70. The summed E-state index contributed by atoms with van der Waals surface area (Å²) in [6, 6.07) is 5.75. The lowest BCUT2D eigenvalue weighted by atomic mass is 10.0. The van der Waals surface area contributed by atoms with Crippen molar-refractivity contribution in [3.05, 3.63) is 33.8 Å². The monoisotopic (exact) mass is 288 g/mol. The van der Waals surface area contributed by atoms with E-state index in [4.69, 9.17) is 28.9 Å². The van der Waals surface area contributed by atoms with Crippen LogP contribution in [0, 0.1) is 5.92 Å². The zero-order valence-corrected chi connectivity index (χ0v) is 12.8. The highest BCUT2D eigenvalue weighted by Gasteiger charge is 2.18. The van der Waals surface area contributed by atoms with Crippen LogP contribution >= 0.6 is 23.2 Å². The highest BCUT2D eigenvalue weighted by Crippen LogP contribution is 2.29. The van der Waals surface area contributed by atoms with Crippen molar-refractivity contribution in [2.24, 2.45) is 11.7 Å². The SMILES string of the molecule is CC(C)CCN(C)C(CN)c1ccc(Cl)cc1Cl. The summed E-state index contributed by atoms with van der Waals surface area (Å²) in [4.78, 5) is 2.26. The van der Waals surface area contributed by atoms with Gasteiger partial charge in [-0.1, -0.05) is 43.1 Å². The molecule has 0 saturated carbocycles. The third kappa shape index (κ3) is 4.43. The van der Waals surface area contributed by atoms with Crippen LogP contribution in [0.15, 0.2) is 18.2 Å². The van der Waals surface area contributed by atoms with E-state index in [0.29, 0.717) is 22.5 Å². The molecule has 102 valence electrons. The van der Waals surface area contributed by atoms with E-state index in [2.05, 4.69) is 25.8 Å². The highest BCUT2D eigenvalue weighted by atomic mass is 35.5. The maximum Gasteiger partial charge on any atom is 0.0482 e. The summed E-state index contributed by atoms with van der Waals surface area (Å²) in [5.41, 5.74) is 6.94. The Bertz CT molecular complexity index is 380. The predicted octanol–water partition coefficient (Wildman–Crippen LogP) is 3.97. The van der Waals surface area contributed by atoms with Gasteiger partial charge in [0, 0.05) is 22.6 Å². The van der Waals surface area contributed by atoms with Gasteiger partial charge >= 0.3 is 0 Å². The summed E-state index contributed by atoms with van der Waals surface area (Å²) in [5.74, 6) is 0.687. The van der Waals surface area contributed by atoms with Crippen LogP contribution in [0.1, 0.15) is 31.9 Å². The lowest BCUT2D eigenvalue weighted by Crippen LogP contribution is -2.32. The van der Waals surface area contributed by atoms with E-state index in [1.165, 1.54) is 0 Å². The van der Waals surface area contributed by atoms with Crippen molar-refractivity contribution in [1.29, 1.82) is 0 Å². The maximum absolute atomic E-state index is 6.24. The molecule has 1 atom stereocenters. The molecule has 0 amide bonds. The lowest BCUT2D eigenvalue weighted by molar-refractivity contribution is 0.236. The molecule has 0 radical (unpaired) electrons. The second kappa shape index (κ2) is 7.34. The summed E-state index contributed by atoms with van der Waals surface area (Å²) in [6.07, 6.45) is 1.15. The van der Waals surface area contributed by atoms with Crippen molar-refractivity contribution >= 4 is 23.2 Å². The average Bonchev–Trinajstić information content (AvgIpc) is 2.30. The van der Waals surface area contributed by atoms with E-state index in [-0.39, 0.29) is 6.04 Å². The maximum atomic E-state index is 6.24. The van der Waals surface area contributed by atoms with Crippen molar-refractivity contribution in [2.45, 2.75) is 26.3 Å². The van der Waals surface area contributed by atoms with Gasteiger partial charge < -0.3 is 5.73 Å². The van der Waals surface area contributed by atoms with Gasteiger partial charge in [0.25, 0.3) is 0 Å². The van der Waals surface area contributed by atoms with Gasteiger partial charge in [-0.05, 0) is 43.6 Å². The van der Waals surface area contributed by atoms with Gasteiger partial charge in [-0.15, -0.1) is 0 Å². The molecule has 0 heterocycles. The van der Waals surface area contributed by atoms with E-state index in [1.807, 2.05) is 12.1 Å². The number of halogens is 2. The van der Waals surface area contributed by atoms with Crippen LogP contribution in [0.2, 0.25) is 10.0 Å². The second-order valence-corrected chi connectivity index (χ2v) is 5.92. The Morgan fingerprint density at radius 2 is 1.94 bits per heavy atom. The number of likely N-dealkylation sites (N-methyl/N-ethyl adjacent to an activating group) is 1. The largest absolute Gasteiger partial charge is 0.329 e. The van der Waals surface area contributed by atoms with Gasteiger partial charge in [0.05, 0.1) is 0 Å². The minimum Gasteiger partial charge on any atom is -0.329 e. The molecule has 0 saturated heterocycles. The Morgan fingerprint density at radius 1 is 1.28 bits per heavy atom. The molecule has 1 rings (SSSR count). The van der Waals surface area contributed by atoms with Gasteiger partial charge in [0.1, 0.15) is 0 Å². The number of benzene rings is 1. The van der Waals surface area contributed by atoms with Crippen LogP contribution < -0.4 is 5.73 Å².